The molecular weight excluding hydrogens is 222 g/mol. The lowest BCUT2D eigenvalue weighted by Crippen LogP contribution is -1.98. The van der Waals surface area contributed by atoms with Gasteiger partial charge in [-0.2, -0.15) is 0 Å². The number of nitrogens with one attached hydrogen (secondary N) is 1. The lowest BCUT2D eigenvalue weighted by molar-refractivity contribution is 1.13. The van der Waals surface area contributed by atoms with E-state index in [9.17, 15) is 0 Å². The van der Waals surface area contributed by atoms with Crippen molar-refractivity contribution >= 4 is 23.1 Å². The van der Waals surface area contributed by atoms with Crippen LogP contribution in [-0.2, 0) is 0 Å². The number of aryl methyl sites for hydroxylation is 2. The van der Waals surface area contributed by atoms with E-state index in [-0.39, 0.29) is 5.28 Å². The zero-order valence-electron chi connectivity index (χ0n) is 9.16. The van der Waals surface area contributed by atoms with Gasteiger partial charge in [-0.05, 0) is 43.1 Å². The minimum absolute atomic E-state index is 0.251. The van der Waals surface area contributed by atoms with Crippen LogP contribution in [0.25, 0.3) is 0 Å². The van der Waals surface area contributed by atoms with E-state index in [4.69, 9.17) is 11.6 Å². The summed E-state index contributed by atoms with van der Waals surface area (Å²) in [6.45, 7) is 3.99. The number of benzene rings is 1. The molecule has 2 rings (SSSR count). The molecule has 0 unspecified atom stereocenters. The highest BCUT2D eigenvalue weighted by molar-refractivity contribution is 6.28. The zero-order valence-corrected chi connectivity index (χ0v) is 9.92. The minimum Gasteiger partial charge on any atom is -0.340 e. The van der Waals surface area contributed by atoms with E-state index in [1.54, 1.807) is 6.20 Å². The van der Waals surface area contributed by atoms with Crippen molar-refractivity contribution in [3.63, 3.8) is 0 Å². The van der Waals surface area contributed by atoms with E-state index in [0.717, 1.165) is 17.1 Å². The number of halogens is 1. The molecule has 1 aromatic carbocycles. The highest BCUT2D eigenvalue weighted by Crippen LogP contribution is 2.19. The Labute approximate surface area is 99.5 Å². The van der Waals surface area contributed by atoms with Crippen molar-refractivity contribution in [2.45, 2.75) is 13.8 Å². The number of hydrogen-bond acceptors (Lipinski definition) is 3. The summed E-state index contributed by atoms with van der Waals surface area (Å²) < 4.78 is 0. The molecule has 0 radical (unpaired) electrons. The van der Waals surface area contributed by atoms with E-state index in [1.165, 1.54) is 5.56 Å². The molecule has 0 aliphatic carbocycles. The van der Waals surface area contributed by atoms with Gasteiger partial charge in [0.25, 0.3) is 0 Å². The van der Waals surface area contributed by atoms with Gasteiger partial charge in [0.2, 0.25) is 5.28 Å². The van der Waals surface area contributed by atoms with Gasteiger partial charge in [-0.3, -0.25) is 0 Å². The quantitative estimate of drug-likeness (QED) is 0.807. The third-order valence-corrected chi connectivity index (χ3v) is 2.41. The highest BCUT2D eigenvalue weighted by atomic mass is 35.5. The Balaban J connectivity index is 2.30. The maximum Gasteiger partial charge on any atom is 0.224 e. The molecule has 0 bridgehead atoms. The van der Waals surface area contributed by atoms with Crippen LogP contribution >= 0.6 is 11.6 Å². The molecule has 2 aromatic rings. The van der Waals surface area contributed by atoms with Gasteiger partial charge in [0.1, 0.15) is 5.82 Å². The molecule has 3 nitrogen and oxygen atoms in total. The van der Waals surface area contributed by atoms with Gasteiger partial charge in [-0.25, -0.2) is 9.97 Å². The molecule has 0 atom stereocenters. The lowest BCUT2D eigenvalue weighted by atomic mass is 10.2. The summed E-state index contributed by atoms with van der Waals surface area (Å²) in [7, 11) is 0. The molecule has 0 aliphatic rings. The van der Waals surface area contributed by atoms with Crippen LogP contribution in [0.1, 0.15) is 11.1 Å². The van der Waals surface area contributed by atoms with E-state index < -0.39 is 0 Å². The average Bonchev–Trinajstić information content (AvgIpc) is 2.24. The molecule has 0 saturated heterocycles. The van der Waals surface area contributed by atoms with Crippen LogP contribution in [0.2, 0.25) is 5.28 Å². The highest BCUT2D eigenvalue weighted by Gasteiger charge is 2.02. The second-order valence-corrected chi connectivity index (χ2v) is 4.00. The SMILES string of the molecule is Cc1cccc(Nc2nc(Cl)ncc2C)c1. The monoisotopic (exact) mass is 233 g/mol. The molecule has 82 valence electrons. The Morgan fingerprint density at radius 3 is 2.81 bits per heavy atom. The predicted octanol–water partition coefficient (Wildman–Crippen LogP) is 3.49. The Kier molecular flexibility index (Phi) is 3.06. The van der Waals surface area contributed by atoms with Crippen LogP contribution in [0.15, 0.2) is 30.5 Å². The maximum absolute atomic E-state index is 5.75. The second-order valence-electron chi connectivity index (χ2n) is 3.67. The average molecular weight is 234 g/mol. The molecule has 1 aromatic heterocycles. The standard InChI is InChI=1S/C12H12ClN3/c1-8-4-3-5-10(6-8)15-11-9(2)7-14-12(13)16-11/h3-7H,1-2H3,(H,14,15,16). The number of nitrogens with zero attached hydrogens (tertiary/aromatic N) is 2. The molecule has 0 saturated carbocycles. The predicted molar refractivity (Wildman–Crippen MR) is 66.2 cm³/mol. The summed E-state index contributed by atoms with van der Waals surface area (Å²) in [6, 6.07) is 8.08. The Bertz CT molecular complexity index is 511. The topological polar surface area (TPSA) is 37.8 Å². The fourth-order valence-corrected chi connectivity index (χ4v) is 1.54. The van der Waals surface area contributed by atoms with E-state index >= 15 is 0 Å². The Morgan fingerprint density at radius 1 is 1.25 bits per heavy atom. The summed E-state index contributed by atoms with van der Waals surface area (Å²) in [5, 5.41) is 3.47. The third-order valence-electron chi connectivity index (χ3n) is 2.22. The Morgan fingerprint density at radius 2 is 2.06 bits per heavy atom. The van der Waals surface area contributed by atoms with Crippen molar-refractivity contribution in [2.24, 2.45) is 0 Å². The van der Waals surface area contributed by atoms with Crippen LogP contribution in [0.3, 0.4) is 0 Å². The normalized spacial score (nSPS) is 10.2. The molecular formula is C12H12ClN3. The molecule has 16 heavy (non-hydrogen) atoms. The summed E-state index contributed by atoms with van der Waals surface area (Å²) in [6.07, 6.45) is 1.70. The van der Waals surface area contributed by atoms with Crippen molar-refractivity contribution in [3.8, 4) is 0 Å². The zero-order chi connectivity index (χ0) is 11.5. The number of aromatic nitrogens is 2. The van der Waals surface area contributed by atoms with Crippen LogP contribution < -0.4 is 5.32 Å². The summed E-state index contributed by atoms with van der Waals surface area (Å²) in [4.78, 5) is 8.05. The number of hydrogen-bond donors (Lipinski definition) is 1. The molecule has 0 amide bonds. The first-order valence-electron chi connectivity index (χ1n) is 4.98. The minimum atomic E-state index is 0.251. The van der Waals surface area contributed by atoms with Crippen molar-refractivity contribution in [2.75, 3.05) is 5.32 Å². The first-order chi connectivity index (χ1) is 7.65. The fourth-order valence-electron chi connectivity index (χ4n) is 1.41. The van der Waals surface area contributed by atoms with Crippen LogP contribution in [0, 0.1) is 13.8 Å². The van der Waals surface area contributed by atoms with E-state index in [0.29, 0.717) is 0 Å². The Hall–Kier alpha value is -1.61. The van der Waals surface area contributed by atoms with Crippen LogP contribution in [0.4, 0.5) is 11.5 Å². The summed E-state index contributed by atoms with van der Waals surface area (Å²) >= 11 is 5.75. The molecule has 1 heterocycles. The fraction of sp³-hybridized carbons (Fsp3) is 0.167. The first-order valence-corrected chi connectivity index (χ1v) is 5.36. The van der Waals surface area contributed by atoms with Crippen molar-refractivity contribution in [1.82, 2.24) is 9.97 Å². The molecule has 0 fully saturated rings. The van der Waals surface area contributed by atoms with Crippen molar-refractivity contribution in [1.29, 1.82) is 0 Å². The van der Waals surface area contributed by atoms with Gasteiger partial charge >= 0.3 is 0 Å². The largest absolute Gasteiger partial charge is 0.340 e. The van der Waals surface area contributed by atoms with Gasteiger partial charge in [0.15, 0.2) is 0 Å². The van der Waals surface area contributed by atoms with E-state index in [2.05, 4.69) is 21.4 Å². The maximum atomic E-state index is 5.75. The third kappa shape index (κ3) is 2.49. The van der Waals surface area contributed by atoms with Gasteiger partial charge in [-0.1, -0.05) is 12.1 Å². The van der Waals surface area contributed by atoms with Gasteiger partial charge in [0.05, 0.1) is 0 Å². The van der Waals surface area contributed by atoms with Crippen LogP contribution in [-0.4, -0.2) is 9.97 Å². The van der Waals surface area contributed by atoms with Crippen molar-refractivity contribution in [3.05, 3.63) is 46.9 Å². The molecule has 0 aliphatic heterocycles. The van der Waals surface area contributed by atoms with Gasteiger partial charge < -0.3 is 5.32 Å². The second kappa shape index (κ2) is 4.49. The lowest BCUT2D eigenvalue weighted by Gasteiger charge is -2.08. The number of rotatable bonds is 2. The molecule has 4 heteroatoms. The van der Waals surface area contributed by atoms with Gasteiger partial charge in [0, 0.05) is 17.4 Å². The number of anilines is 2. The summed E-state index contributed by atoms with van der Waals surface area (Å²) in [5.74, 6) is 0.741. The van der Waals surface area contributed by atoms with Crippen LogP contribution in [0.5, 0.6) is 0 Å². The smallest absolute Gasteiger partial charge is 0.224 e. The van der Waals surface area contributed by atoms with Crippen molar-refractivity contribution < 1.29 is 0 Å². The molecule has 0 spiro atoms. The van der Waals surface area contributed by atoms with E-state index in [1.807, 2.05) is 32.0 Å². The van der Waals surface area contributed by atoms with Gasteiger partial charge in [-0.15, -0.1) is 0 Å². The first kappa shape index (κ1) is 10.9. The summed E-state index contributed by atoms with van der Waals surface area (Å²) in [5.41, 5.74) is 3.16. The molecule has 1 N–H and O–H groups in total.